The van der Waals surface area contributed by atoms with Crippen molar-refractivity contribution in [2.24, 2.45) is 10.9 Å². The van der Waals surface area contributed by atoms with Crippen LogP contribution in [0.4, 0.5) is 5.69 Å². The number of nitrogens with zero attached hydrogens (tertiary/aromatic N) is 2. The summed E-state index contributed by atoms with van der Waals surface area (Å²) in [5.41, 5.74) is 2.63. The second-order valence-electron chi connectivity index (χ2n) is 7.30. The molecule has 0 aliphatic heterocycles. The van der Waals surface area contributed by atoms with Crippen molar-refractivity contribution in [1.29, 1.82) is 0 Å². The molecule has 2 aromatic rings. The minimum atomic E-state index is -0.845. The number of aliphatic carboxylic acids is 1. The number of nitrogens with two attached hydrogens (primary N) is 1. The van der Waals surface area contributed by atoms with E-state index in [1.54, 1.807) is 24.3 Å². The summed E-state index contributed by atoms with van der Waals surface area (Å²) < 4.78 is 11.6. The molecule has 7 heteroatoms. The Morgan fingerprint density at radius 2 is 1.70 bits per heavy atom. The Kier molecular flexibility index (Phi) is 8.09. The highest BCUT2D eigenvalue weighted by molar-refractivity contribution is 5.86. The van der Waals surface area contributed by atoms with Crippen LogP contribution in [0.15, 0.2) is 53.6 Å². The lowest BCUT2D eigenvalue weighted by atomic mass is 9.99. The first kappa shape index (κ1) is 21.6. The molecule has 3 rings (SSSR count). The van der Waals surface area contributed by atoms with Crippen LogP contribution in [-0.4, -0.2) is 30.0 Å². The van der Waals surface area contributed by atoms with Crippen LogP contribution < -0.4 is 20.4 Å². The summed E-state index contributed by atoms with van der Waals surface area (Å²) in [5, 5.41) is 14.8. The zero-order chi connectivity index (χ0) is 21.2. The molecule has 0 bridgehead atoms. The smallest absolute Gasteiger partial charge is 0.307 e. The lowest BCUT2D eigenvalue weighted by Crippen LogP contribution is -2.27. The summed E-state index contributed by atoms with van der Waals surface area (Å²) in [4.78, 5) is 10.7. The fourth-order valence-corrected chi connectivity index (χ4v) is 3.34. The fourth-order valence-electron chi connectivity index (χ4n) is 3.34. The van der Waals surface area contributed by atoms with Crippen molar-refractivity contribution in [3.8, 4) is 11.5 Å². The van der Waals surface area contributed by atoms with Gasteiger partial charge in [-0.25, -0.2) is 5.84 Å². The number of hydrazine groups is 1. The van der Waals surface area contributed by atoms with E-state index in [9.17, 15) is 4.79 Å². The van der Waals surface area contributed by atoms with E-state index in [0.717, 1.165) is 29.8 Å². The Morgan fingerprint density at radius 3 is 2.43 bits per heavy atom. The van der Waals surface area contributed by atoms with E-state index in [-0.39, 0.29) is 6.42 Å². The number of hydrogen-bond acceptors (Lipinski definition) is 6. The number of carboxylic acids is 1. The molecule has 0 heterocycles. The van der Waals surface area contributed by atoms with Crippen LogP contribution in [0.3, 0.4) is 0 Å². The Morgan fingerprint density at radius 1 is 1.00 bits per heavy atom. The van der Waals surface area contributed by atoms with Crippen LogP contribution in [0, 0.1) is 0 Å². The quantitative estimate of drug-likeness (QED) is 0.346. The molecule has 1 saturated carbocycles. The van der Waals surface area contributed by atoms with Crippen molar-refractivity contribution in [3.05, 3.63) is 54.1 Å². The van der Waals surface area contributed by atoms with E-state index in [0.29, 0.717) is 31.1 Å². The number of carboxylic acid groups (broad SMARTS) is 1. The molecule has 0 radical (unpaired) electrons. The summed E-state index contributed by atoms with van der Waals surface area (Å²) in [6.45, 7) is 0.980. The van der Waals surface area contributed by atoms with E-state index in [1.165, 1.54) is 24.4 Å². The minimum absolute atomic E-state index is 0.0111. The Bertz CT molecular complexity index is 844. The molecule has 0 aromatic heterocycles. The van der Waals surface area contributed by atoms with Gasteiger partial charge in [0, 0.05) is 12.1 Å². The highest BCUT2D eigenvalue weighted by Gasteiger charge is 2.12. The van der Waals surface area contributed by atoms with Crippen LogP contribution in [0.5, 0.6) is 11.5 Å². The number of para-hydroxylation sites is 2. The normalized spacial score (nSPS) is 13.6. The average Bonchev–Trinajstić information content (AvgIpc) is 2.75. The Labute approximate surface area is 177 Å². The molecule has 3 N–H and O–H groups in total. The van der Waals surface area contributed by atoms with Crippen LogP contribution in [0.25, 0.3) is 0 Å². The van der Waals surface area contributed by atoms with E-state index >= 15 is 0 Å². The van der Waals surface area contributed by atoms with Gasteiger partial charge in [-0.15, -0.1) is 0 Å². The summed E-state index contributed by atoms with van der Waals surface area (Å²) in [6.07, 6.45) is 6.33. The molecule has 1 aliphatic carbocycles. The summed E-state index contributed by atoms with van der Waals surface area (Å²) in [5.74, 6) is 6.74. The zero-order valence-corrected chi connectivity index (χ0v) is 17.1. The molecule has 1 fully saturated rings. The van der Waals surface area contributed by atoms with Gasteiger partial charge >= 0.3 is 5.97 Å². The molecule has 160 valence electrons. The van der Waals surface area contributed by atoms with Gasteiger partial charge in [0.25, 0.3) is 0 Å². The first-order valence-electron chi connectivity index (χ1n) is 10.4. The fraction of sp³-hybridized carbons (Fsp3) is 0.391. The maximum Gasteiger partial charge on any atom is 0.307 e. The first-order valence-corrected chi connectivity index (χ1v) is 10.4. The largest absolute Gasteiger partial charge is 0.493 e. The molecular weight excluding hydrogens is 382 g/mol. The van der Waals surface area contributed by atoms with Gasteiger partial charge in [-0.2, -0.15) is 10.2 Å². The molecule has 2 aromatic carbocycles. The Hall–Kier alpha value is -3.06. The number of carbonyl (C=O) groups is 1. The second kappa shape index (κ2) is 11.2. The van der Waals surface area contributed by atoms with Crippen molar-refractivity contribution < 1.29 is 19.4 Å². The monoisotopic (exact) mass is 411 g/mol. The van der Waals surface area contributed by atoms with Crippen molar-refractivity contribution in [2.75, 3.05) is 18.3 Å². The molecule has 30 heavy (non-hydrogen) atoms. The minimum Gasteiger partial charge on any atom is -0.493 e. The van der Waals surface area contributed by atoms with Crippen LogP contribution >= 0.6 is 0 Å². The number of anilines is 1. The molecule has 7 nitrogen and oxygen atoms in total. The lowest BCUT2D eigenvalue weighted by Gasteiger charge is -2.20. The molecule has 0 atom stereocenters. The van der Waals surface area contributed by atoms with Crippen molar-refractivity contribution in [2.45, 2.75) is 44.9 Å². The third-order valence-electron chi connectivity index (χ3n) is 4.89. The van der Waals surface area contributed by atoms with Crippen molar-refractivity contribution >= 4 is 17.4 Å². The van der Waals surface area contributed by atoms with Crippen molar-refractivity contribution in [3.63, 3.8) is 0 Å². The predicted molar refractivity (Wildman–Crippen MR) is 117 cm³/mol. The predicted octanol–water partition coefficient (Wildman–Crippen LogP) is 4.16. The van der Waals surface area contributed by atoms with Gasteiger partial charge in [-0.1, -0.05) is 30.7 Å². The van der Waals surface area contributed by atoms with Crippen LogP contribution in [0.2, 0.25) is 0 Å². The summed E-state index contributed by atoms with van der Waals surface area (Å²) in [7, 11) is 0. The SMILES string of the molecule is NN(N=C1CCCCC1)c1ccccc1OCCCOc1ccc(CC(=O)O)cc1. The second-order valence-corrected chi connectivity index (χ2v) is 7.30. The maximum atomic E-state index is 10.7. The standard InChI is InChI=1S/C23H29N3O4/c24-26(25-19-7-2-1-3-8-19)21-9-4-5-10-22(21)30-16-6-15-29-20-13-11-18(12-14-20)17-23(27)28/h4-5,9-14H,1-3,6-8,15-17,24H2,(H,27,28). The van der Waals surface area contributed by atoms with E-state index in [1.807, 2.05) is 24.3 Å². The van der Waals surface area contributed by atoms with E-state index in [2.05, 4.69) is 5.10 Å². The Balaban J connectivity index is 1.45. The van der Waals surface area contributed by atoms with Crippen molar-refractivity contribution in [1.82, 2.24) is 0 Å². The van der Waals surface area contributed by atoms with Gasteiger partial charge < -0.3 is 14.6 Å². The third-order valence-corrected chi connectivity index (χ3v) is 4.89. The van der Waals surface area contributed by atoms with E-state index < -0.39 is 5.97 Å². The van der Waals surface area contributed by atoms with Gasteiger partial charge in [0.1, 0.15) is 17.2 Å². The number of hydrogen-bond donors (Lipinski definition) is 2. The topological polar surface area (TPSA) is 97.4 Å². The van der Waals surface area contributed by atoms with Gasteiger partial charge in [0.2, 0.25) is 0 Å². The highest BCUT2D eigenvalue weighted by Crippen LogP contribution is 2.27. The van der Waals surface area contributed by atoms with Crippen LogP contribution in [0.1, 0.15) is 44.1 Å². The highest BCUT2D eigenvalue weighted by atomic mass is 16.5. The molecule has 0 unspecified atom stereocenters. The maximum absolute atomic E-state index is 10.7. The van der Waals surface area contributed by atoms with Gasteiger partial charge in [0.05, 0.1) is 19.6 Å². The lowest BCUT2D eigenvalue weighted by molar-refractivity contribution is -0.136. The number of ether oxygens (including phenoxy) is 2. The molecule has 0 spiro atoms. The molecular formula is C23H29N3O4. The number of benzene rings is 2. The van der Waals surface area contributed by atoms with Gasteiger partial charge in [0.15, 0.2) is 0 Å². The number of rotatable bonds is 10. The molecule has 0 saturated heterocycles. The zero-order valence-electron chi connectivity index (χ0n) is 17.1. The summed E-state index contributed by atoms with van der Waals surface area (Å²) >= 11 is 0. The third kappa shape index (κ3) is 6.77. The average molecular weight is 412 g/mol. The van der Waals surface area contributed by atoms with E-state index in [4.69, 9.17) is 20.4 Å². The van der Waals surface area contributed by atoms with Gasteiger partial charge in [-0.3, -0.25) is 4.79 Å². The number of hydrazone groups is 1. The van der Waals surface area contributed by atoms with Gasteiger partial charge in [-0.05, 0) is 55.5 Å². The summed E-state index contributed by atoms with van der Waals surface area (Å²) in [6, 6.07) is 14.7. The molecule has 1 aliphatic rings. The van der Waals surface area contributed by atoms with Crippen LogP contribution in [-0.2, 0) is 11.2 Å². The molecule has 0 amide bonds. The first-order chi connectivity index (χ1) is 14.6.